The van der Waals surface area contributed by atoms with Crippen LogP contribution < -0.4 is 10.1 Å². The van der Waals surface area contributed by atoms with E-state index in [4.69, 9.17) is 16.3 Å². The van der Waals surface area contributed by atoms with Crippen molar-refractivity contribution in [1.82, 2.24) is 20.2 Å². The summed E-state index contributed by atoms with van der Waals surface area (Å²) in [6, 6.07) is 12.5. The normalized spacial score (nSPS) is 10.9. The molecule has 3 rings (SSSR count). The summed E-state index contributed by atoms with van der Waals surface area (Å²) >= 11 is 6.10. The van der Waals surface area contributed by atoms with Crippen molar-refractivity contribution < 1.29 is 9.53 Å². The Balaban J connectivity index is 1.70. The summed E-state index contributed by atoms with van der Waals surface area (Å²) in [5, 5.41) is 15.1. The van der Waals surface area contributed by atoms with E-state index in [-0.39, 0.29) is 18.6 Å². The van der Waals surface area contributed by atoms with Gasteiger partial charge in [0.25, 0.3) is 5.91 Å². The molecule has 0 spiro atoms. The molecule has 3 aromatic rings. The third kappa shape index (κ3) is 4.43. The standard InChI is InChI=1S/C19H20ClN5O2/c1-12(2)25-18(22-23-24-25)11-27-15-7-4-6-14(10-15)19(26)21-17-9-5-8-16(20)13(17)3/h4-10,12H,11H2,1-3H3,(H,21,26). The van der Waals surface area contributed by atoms with Crippen LogP contribution in [-0.2, 0) is 6.61 Å². The first-order valence-electron chi connectivity index (χ1n) is 8.51. The molecule has 2 aromatic carbocycles. The third-order valence-corrected chi connectivity index (χ3v) is 4.44. The van der Waals surface area contributed by atoms with Crippen LogP contribution in [0.3, 0.4) is 0 Å². The molecule has 0 aliphatic heterocycles. The SMILES string of the molecule is Cc1c(Cl)cccc1NC(=O)c1cccc(OCc2nnnn2C(C)C)c1. The Hall–Kier alpha value is -2.93. The molecule has 1 heterocycles. The van der Waals surface area contributed by atoms with Gasteiger partial charge in [0.1, 0.15) is 12.4 Å². The molecule has 1 N–H and O–H groups in total. The van der Waals surface area contributed by atoms with Gasteiger partial charge in [-0.1, -0.05) is 23.7 Å². The molecular formula is C19H20ClN5O2. The van der Waals surface area contributed by atoms with Crippen molar-refractivity contribution in [3.8, 4) is 5.75 Å². The predicted molar refractivity (Wildman–Crippen MR) is 103 cm³/mol. The van der Waals surface area contributed by atoms with Crippen LogP contribution in [0.25, 0.3) is 0 Å². The van der Waals surface area contributed by atoms with E-state index in [0.717, 1.165) is 5.56 Å². The first kappa shape index (κ1) is 18.8. The van der Waals surface area contributed by atoms with E-state index >= 15 is 0 Å². The minimum atomic E-state index is -0.238. The molecule has 0 saturated carbocycles. The molecule has 8 heteroatoms. The summed E-state index contributed by atoms with van der Waals surface area (Å²) in [6.07, 6.45) is 0. The topological polar surface area (TPSA) is 81.9 Å². The van der Waals surface area contributed by atoms with Gasteiger partial charge in [0.2, 0.25) is 0 Å². The number of hydrogen-bond acceptors (Lipinski definition) is 5. The van der Waals surface area contributed by atoms with Gasteiger partial charge in [-0.25, -0.2) is 4.68 Å². The maximum absolute atomic E-state index is 12.6. The van der Waals surface area contributed by atoms with Crippen LogP contribution in [0.4, 0.5) is 5.69 Å². The number of halogens is 1. The van der Waals surface area contributed by atoms with Crippen molar-refractivity contribution in [2.75, 3.05) is 5.32 Å². The molecule has 140 valence electrons. The summed E-state index contributed by atoms with van der Waals surface area (Å²) in [5.74, 6) is 0.941. The number of carbonyl (C=O) groups excluding carboxylic acids is 1. The fourth-order valence-electron chi connectivity index (χ4n) is 2.52. The van der Waals surface area contributed by atoms with Gasteiger partial charge >= 0.3 is 0 Å². The number of nitrogens with zero attached hydrogens (tertiary/aromatic N) is 4. The van der Waals surface area contributed by atoms with Crippen molar-refractivity contribution in [3.05, 3.63) is 64.4 Å². The maximum Gasteiger partial charge on any atom is 0.255 e. The molecule has 0 fully saturated rings. The van der Waals surface area contributed by atoms with Crippen LogP contribution in [0.5, 0.6) is 5.75 Å². The van der Waals surface area contributed by atoms with Crippen LogP contribution in [0, 0.1) is 6.92 Å². The summed E-state index contributed by atoms with van der Waals surface area (Å²) in [5.41, 5.74) is 1.98. The molecule has 1 amide bonds. The van der Waals surface area contributed by atoms with E-state index < -0.39 is 0 Å². The van der Waals surface area contributed by atoms with Crippen molar-refractivity contribution >= 4 is 23.2 Å². The second-order valence-corrected chi connectivity index (χ2v) is 6.72. The zero-order chi connectivity index (χ0) is 19.4. The number of tetrazole rings is 1. The van der Waals surface area contributed by atoms with Crippen LogP contribution in [0.1, 0.15) is 41.6 Å². The number of anilines is 1. The largest absolute Gasteiger partial charge is 0.486 e. The van der Waals surface area contributed by atoms with Crippen molar-refractivity contribution in [1.29, 1.82) is 0 Å². The van der Waals surface area contributed by atoms with Crippen molar-refractivity contribution in [3.63, 3.8) is 0 Å². The Morgan fingerprint density at radius 2 is 2.04 bits per heavy atom. The molecule has 0 saturated heterocycles. The highest BCUT2D eigenvalue weighted by Crippen LogP contribution is 2.24. The van der Waals surface area contributed by atoms with E-state index in [9.17, 15) is 4.79 Å². The van der Waals surface area contributed by atoms with Gasteiger partial charge in [0.05, 0.1) is 6.04 Å². The molecule has 0 aliphatic rings. The fraction of sp³-hybridized carbons (Fsp3) is 0.263. The van der Waals surface area contributed by atoms with Crippen molar-refractivity contribution in [2.24, 2.45) is 0 Å². The number of ether oxygens (including phenoxy) is 1. The van der Waals surface area contributed by atoms with E-state index in [0.29, 0.717) is 27.8 Å². The van der Waals surface area contributed by atoms with E-state index in [1.165, 1.54) is 0 Å². The van der Waals surface area contributed by atoms with Gasteiger partial charge < -0.3 is 10.1 Å². The monoisotopic (exact) mass is 385 g/mol. The summed E-state index contributed by atoms with van der Waals surface area (Å²) in [6.45, 7) is 6.05. The lowest BCUT2D eigenvalue weighted by Gasteiger charge is -2.11. The number of benzene rings is 2. The Morgan fingerprint density at radius 3 is 2.81 bits per heavy atom. The highest BCUT2D eigenvalue weighted by atomic mass is 35.5. The molecule has 7 nitrogen and oxygen atoms in total. The van der Waals surface area contributed by atoms with Crippen LogP contribution in [-0.4, -0.2) is 26.1 Å². The quantitative estimate of drug-likeness (QED) is 0.692. The van der Waals surface area contributed by atoms with Gasteiger partial charge in [-0.2, -0.15) is 0 Å². The first-order valence-corrected chi connectivity index (χ1v) is 8.89. The Labute approximate surface area is 162 Å². The second kappa shape index (κ2) is 8.18. The molecule has 0 atom stereocenters. The number of rotatable bonds is 6. The smallest absolute Gasteiger partial charge is 0.255 e. The molecule has 1 aromatic heterocycles. The van der Waals surface area contributed by atoms with E-state index in [2.05, 4.69) is 20.8 Å². The fourth-order valence-corrected chi connectivity index (χ4v) is 2.70. The zero-order valence-electron chi connectivity index (χ0n) is 15.3. The first-order chi connectivity index (χ1) is 13.0. The van der Waals surface area contributed by atoms with Crippen LogP contribution >= 0.6 is 11.6 Å². The molecule has 0 aliphatic carbocycles. The maximum atomic E-state index is 12.6. The average molecular weight is 386 g/mol. The minimum absolute atomic E-state index is 0.136. The van der Waals surface area contributed by atoms with Gasteiger partial charge in [0.15, 0.2) is 5.82 Å². The number of carbonyl (C=O) groups is 1. The number of amides is 1. The lowest BCUT2D eigenvalue weighted by molar-refractivity contribution is 0.102. The second-order valence-electron chi connectivity index (χ2n) is 6.32. The molecule has 0 bridgehead atoms. The summed E-state index contributed by atoms with van der Waals surface area (Å²) < 4.78 is 7.45. The number of nitrogens with one attached hydrogen (secondary N) is 1. The van der Waals surface area contributed by atoms with E-state index in [1.54, 1.807) is 41.1 Å². The molecular weight excluding hydrogens is 366 g/mol. The minimum Gasteiger partial charge on any atom is -0.486 e. The molecule has 0 unspecified atom stereocenters. The van der Waals surface area contributed by atoms with Crippen LogP contribution in [0.15, 0.2) is 42.5 Å². The molecule has 27 heavy (non-hydrogen) atoms. The molecule has 0 radical (unpaired) electrons. The summed E-state index contributed by atoms with van der Waals surface area (Å²) in [7, 11) is 0. The Bertz CT molecular complexity index is 955. The highest BCUT2D eigenvalue weighted by Gasteiger charge is 2.12. The Morgan fingerprint density at radius 1 is 1.26 bits per heavy atom. The van der Waals surface area contributed by atoms with E-state index in [1.807, 2.05) is 26.8 Å². The average Bonchev–Trinajstić information content (AvgIpc) is 3.13. The van der Waals surface area contributed by atoms with Gasteiger partial charge in [-0.15, -0.1) is 5.10 Å². The van der Waals surface area contributed by atoms with Gasteiger partial charge in [0, 0.05) is 16.3 Å². The zero-order valence-corrected chi connectivity index (χ0v) is 16.1. The predicted octanol–water partition coefficient (Wildman–Crippen LogP) is 4.05. The lowest BCUT2D eigenvalue weighted by Crippen LogP contribution is -2.13. The summed E-state index contributed by atoms with van der Waals surface area (Å²) in [4.78, 5) is 12.6. The van der Waals surface area contributed by atoms with Crippen LogP contribution in [0.2, 0.25) is 5.02 Å². The van der Waals surface area contributed by atoms with Gasteiger partial charge in [-0.05, 0) is 67.1 Å². The van der Waals surface area contributed by atoms with Crippen molar-refractivity contribution in [2.45, 2.75) is 33.4 Å². The van der Waals surface area contributed by atoms with Gasteiger partial charge in [-0.3, -0.25) is 4.79 Å². The third-order valence-electron chi connectivity index (χ3n) is 4.03. The number of hydrogen-bond donors (Lipinski definition) is 1. The lowest BCUT2D eigenvalue weighted by atomic mass is 10.1. The Kier molecular flexibility index (Phi) is 5.71. The number of aromatic nitrogens is 4. The highest BCUT2D eigenvalue weighted by molar-refractivity contribution is 6.31.